The lowest BCUT2D eigenvalue weighted by atomic mass is 9.86. The normalized spacial score (nSPS) is 37.2. The van der Waals surface area contributed by atoms with E-state index in [9.17, 15) is 0 Å². The molecule has 2 saturated heterocycles. The maximum Gasteiger partial charge on any atom is 0.0284 e. The Hall–Kier alpha value is 0.270. The molecular formula is C17H32N2S. The van der Waals surface area contributed by atoms with E-state index in [-0.39, 0.29) is 0 Å². The molecular weight excluding hydrogens is 264 g/mol. The van der Waals surface area contributed by atoms with Gasteiger partial charge in [0.2, 0.25) is 0 Å². The average molecular weight is 297 g/mol. The molecule has 1 saturated carbocycles. The number of hydrogen-bond donors (Lipinski definition) is 1. The molecule has 2 heterocycles. The predicted octanol–water partition coefficient (Wildman–Crippen LogP) is 3.66. The van der Waals surface area contributed by atoms with Crippen LogP contribution in [-0.4, -0.2) is 47.1 Å². The van der Waals surface area contributed by atoms with Crippen molar-refractivity contribution in [1.82, 2.24) is 10.2 Å². The summed E-state index contributed by atoms with van der Waals surface area (Å²) in [6, 6.07) is 2.55. The summed E-state index contributed by atoms with van der Waals surface area (Å²) >= 11 is 2.17. The molecule has 20 heavy (non-hydrogen) atoms. The Morgan fingerprint density at radius 3 is 2.30 bits per heavy atom. The molecule has 2 nitrogen and oxygen atoms in total. The third-order valence-electron chi connectivity index (χ3n) is 6.05. The van der Waals surface area contributed by atoms with E-state index in [4.69, 9.17) is 0 Å². The Morgan fingerprint density at radius 2 is 1.75 bits per heavy atom. The monoisotopic (exact) mass is 296 g/mol. The summed E-state index contributed by atoms with van der Waals surface area (Å²) in [6.45, 7) is 4.76. The topological polar surface area (TPSA) is 15.3 Å². The molecule has 3 fully saturated rings. The largest absolute Gasteiger partial charge is 0.314 e. The van der Waals surface area contributed by atoms with Crippen molar-refractivity contribution in [3.05, 3.63) is 0 Å². The van der Waals surface area contributed by atoms with E-state index in [1.807, 2.05) is 0 Å². The van der Waals surface area contributed by atoms with Crippen LogP contribution in [-0.2, 0) is 0 Å². The lowest BCUT2D eigenvalue weighted by Crippen LogP contribution is -2.53. The Kier molecular flexibility index (Phi) is 4.99. The second kappa shape index (κ2) is 6.58. The third-order valence-corrected chi connectivity index (χ3v) is 7.45. The van der Waals surface area contributed by atoms with E-state index in [0.29, 0.717) is 4.75 Å². The molecule has 0 aromatic heterocycles. The van der Waals surface area contributed by atoms with Crippen LogP contribution in [0.4, 0.5) is 0 Å². The van der Waals surface area contributed by atoms with Gasteiger partial charge in [-0.25, -0.2) is 0 Å². The predicted molar refractivity (Wildman–Crippen MR) is 89.5 cm³/mol. The zero-order valence-electron chi connectivity index (χ0n) is 13.4. The summed E-state index contributed by atoms with van der Waals surface area (Å²) in [5.41, 5.74) is 0. The molecule has 0 aromatic rings. The Labute approximate surface area is 129 Å². The molecule has 0 spiro atoms. The van der Waals surface area contributed by atoms with Gasteiger partial charge < -0.3 is 5.32 Å². The summed E-state index contributed by atoms with van der Waals surface area (Å²) in [5.74, 6) is 0. The second-order valence-electron chi connectivity index (χ2n) is 7.23. The molecule has 3 rings (SSSR count). The molecule has 116 valence electrons. The van der Waals surface area contributed by atoms with Crippen LogP contribution in [0.25, 0.3) is 0 Å². The van der Waals surface area contributed by atoms with E-state index in [1.165, 1.54) is 64.3 Å². The Balaban J connectivity index is 1.63. The van der Waals surface area contributed by atoms with Crippen LogP contribution in [0.1, 0.15) is 64.7 Å². The molecule has 2 unspecified atom stereocenters. The van der Waals surface area contributed by atoms with Crippen LogP contribution in [0.5, 0.6) is 0 Å². The fourth-order valence-corrected chi connectivity index (χ4v) is 5.92. The minimum absolute atomic E-state index is 0.587. The molecule has 1 aliphatic carbocycles. The van der Waals surface area contributed by atoms with Crippen LogP contribution in [0.15, 0.2) is 0 Å². The third kappa shape index (κ3) is 3.05. The summed E-state index contributed by atoms with van der Waals surface area (Å²) in [6.07, 6.45) is 15.4. The highest BCUT2D eigenvalue weighted by molar-refractivity contribution is 8.00. The van der Waals surface area contributed by atoms with Crippen molar-refractivity contribution in [3.8, 4) is 0 Å². The highest BCUT2D eigenvalue weighted by Gasteiger charge is 2.44. The molecule has 0 radical (unpaired) electrons. The fraction of sp³-hybridized carbons (Fsp3) is 1.00. The maximum absolute atomic E-state index is 3.70. The van der Waals surface area contributed by atoms with Gasteiger partial charge in [-0.3, -0.25) is 4.90 Å². The molecule has 0 amide bonds. The first-order valence-corrected chi connectivity index (χ1v) is 10.0. The van der Waals surface area contributed by atoms with Crippen molar-refractivity contribution in [2.24, 2.45) is 0 Å². The first kappa shape index (κ1) is 15.2. The number of thioether (sulfide) groups is 1. The number of nitrogens with one attached hydrogen (secondary N) is 1. The van der Waals surface area contributed by atoms with Gasteiger partial charge in [0.05, 0.1) is 0 Å². The first-order chi connectivity index (χ1) is 9.76. The molecule has 3 aliphatic rings. The minimum atomic E-state index is 0.587. The number of nitrogens with zero attached hydrogens (tertiary/aromatic N) is 1. The minimum Gasteiger partial charge on any atom is -0.314 e. The number of rotatable bonds is 5. The number of hydrogen-bond acceptors (Lipinski definition) is 3. The Morgan fingerprint density at radius 1 is 1.10 bits per heavy atom. The lowest BCUT2D eigenvalue weighted by Gasteiger charge is -2.46. The van der Waals surface area contributed by atoms with Gasteiger partial charge in [-0.15, -0.1) is 0 Å². The highest BCUT2D eigenvalue weighted by Crippen LogP contribution is 2.43. The van der Waals surface area contributed by atoms with Gasteiger partial charge in [0.1, 0.15) is 0 Å². The summed E-state index contributed by atoms with van der Waals surface area (Å²) in [7, 11) is 0. The van der Waals surface area contributed by atoms with E-state index in [2.05, 4.69) is 35.2 Å². The lowest BCUT2D eigenvalue weighted by molar-refractivity contribution is 0.0977. The van der Waals surface area contributed by atoms with Gasteiger partial charge in [-0.2, -0.15) is 11.8 Å². The fourth-order valence-electron chi connectivity index (χ4n) is 4.94. The summed E-state index contributed by atoms with van der Waals surface area (Å²) in [4.78, 5) is 2.93. The Bertz CT molecular complexity index is 300. The SMILES string of the molecule is CCNC1CC2CCC(C1)N2CC1(SC)CCCCC1. The zero-order chi connectivity index (χ0) is 14.0. The molecule has 3 heteroatoms. The van der Waals surface area contributed by atoms with Gasteiger partial charge in [0.15, 0.2) is 0 Å². The van der Waals surface area contributed by atoms with Crippen molar-refractivity contribution in [3.63, 3.8) is 0 Å². The van der Waals surface area contributed by atoms with E-state index in [0.717, 1.165) is 24.7 Å². The van der Waals surface area contributed by atoms with Crippen LogP contribution in [0.3, 0.4) is 0 Å². The number of fused-ring (bicyclic) bond motifs is 2. The van der Waals surface area contributed by atoms with Crippen molar-refractivity contribution >= 4 is 11.8 Å². The van der Waals surface area contributed by atoms with E-state index >= 15 is 0 Å². The van der Waals surface area contributed by atoms with Gasteiger partial charge >= 0.3 is 0 Å². The number of piperidine rings is 1. The van der Waals surface area contributed by atoms with Gasteiger partial charge in [-0.1, -0.05) is 26.2 Å². The average Bonchev–Trinajstić information content (AvgIpc) is 2.71. The van der Waals surface area contributed by atoms with Crippen molar-refractivity contribution in [2.75, 3.05) is 19.3 Å². The van der Waals surface area contributed by atoms with Crippen LogP contribution in [0, 0.1) is 0 Å². The molecule has 2 aliphatic heterocycles. The zero-order valence-corrected chi connectivity index (χ0v) is 14.2. The first-order valence-electron chi connectivity index (χ1n) is 8.80. The van der Waals surface area contributed by atoms with E-state index < -0.39 is 0 Å². The standard InChI is InChI=1S/C17H32N2S/c1-3-18-14-11-15-7-8-16(12-14)19(15)13-17(20-2)9-5-4-6-10-17/h14-16,18H,3-13H2,1-2H3. The maximum atomic E-state index is 3.70. The molecule has 1 N–H and O–H groups in total. The van der Waals surface area contributed by atoms with Crippen molar-refractivity contribution in [2.45, 2.75) is 87.6 Å². The molecule has 2 bridgehead atoms. The van der Waals surface area contributed by atoms with Crippen molar-refractivity contribution in [1.29, 1.82) is 0 Å². The van der Waals surface area contributed by atoms with Crippen LogP contribution >= 0.6 is 11.8 Å². The van der Waals surface area contributed by atoms with Gasteiger partial charge in [0.25, 0.3) is 0 Å². The van der Waals surface area contributed by atoms with E-state index in [1.54, 1.807) is 0 Å². The van der Waals surface area contributed by atoms with Gasteiger partial charge in [-0.05, 0) is 51.3 Å². The van der Waals surface area contributed by atoms with Gasteiger partial charge in [0, 0.05) is 29.4 Å². The summed E-state index contributed by atoms with van der Waals surface area (Å²) in [5, 5.41) is 3.70. The molecule has 2 atom stereocenters. The molecule has 0 aromatic carbocycles. The van der Waals surface area contributed by atoms with Crippen LogP contribution < -0.4 is 5.32 Å². The second-order valence-corrected chi connectivity index (χ2v) is 8.51. The summed E-state index contributed by atoms with van der Waals surface area (Å²) < 4.78 is 0.587. The highest BCUT2D eigenvalue weighted by atomic mass is 32.2. The van der Waals surface area contributed by atoms with Crippen LogP contribution in [0.2, 0.25) is 0 Å². The smallest absolute Gasteiger partial charge is 0.0284 e. The quantitative estimate of drug-likeness (QED) is 0.833. The van der Waals surface area contributed by atoms with Crippen molar-refractivity contribution < 1.29 is 0 Å².